The predicted molar refractivity (Wildman–Crippen MR) is 474 cm³/mol. The highest BCUT2D eigenvalue weighted by atomic mass is 15.1. The van der Waals surface area contributed by atoms with E-state index in [9.17, 15) is 0 Å². The Kier molecular flexibility index (Phi) is 17.3. The van der Waals surface area contributed by atoms with Crippen LogP contribution in [0, 0.1) is 66.7 Å². The number of rotatable bonds is 4. The highest BCUT2D eigenvalue weighted by molar-refractivity contribution is 5.87. The molecule has 12 aliphatic rings. The van der Waals surface area contributed by atoms with Gasteiger partial charge in [0, 0.05) is 52.1 Å². The fourth-order valence-corrected chi connectivity index (χ4v) is 26.0. The number of allylic oxidation sites excluding steroid dienone is 4. The third-order valence-corrected chi connectivity index (χ3v) is 30.8. The second kappa shape index (κ2) is 27.6. The Balaban J connectivity index is 0.0000000967. The van der Waals surface area contributed by atoms with E-state index in [1.165, 1.54) is 215 Å². The molecule has 12 aromatic rings. The quantitative estimate of drug-likeness (QED) is 0.170. The maximum atomic E-state index is 2.53. The van der Waals surface area contributed by atoms with Crippen LogP contribution in [0.25, 0.3) is 44.5 Å². The fraction of sp³-hybridized carbons (Fsp3) is 0.321. The third kappa shape index (κ3) is 11.2. The minimum absolute atomic E-state index is 0.150. The molecule has 2 fully saturated rings. The highest BCUT2D eigenvalue weighted by Crippen LogP contribution is 2.69. The molecule has 562 valence electrons. The van der Waals surface area contributed by atoms with Crippen molar-refractivity contribution in [2.75, 3.05) is 4.90 Å². The van der Waals surface area contributed by atoms with Crippen molar-refractivity contribution in [1.82, 2.24) is 0 Å². The molecule has 0 heterocycles. The zero-order valence-electron chi connectivity index (χ0n) is 68.0. The van der Waals surface area contributed by atoms with Gasteiger partial charge in [-0.15, -0.1) is 0 Å². The summed E-state index contributed by atoms with van der Waals surface area (Å²) in [7, 11) is 0. The summed E-state index contributed by atoms with van der Waals surface area (Å²) >= 11 is 0. The first-order chi connectivity index (χ1) is 55.2. The molecule has 113 heavy (non-hydrogen) atoms. The molecule has 8 atom stereocenters. The summed E-state index contributed by atoms with van der Waals surface area (Å²) in [6.07, 6.45) is 34.2. The molecule has 0 bridgehead atoms. The lowest BCUT2D eigenvalue weighted by molar-refractivity contribution is 0.154. The average Bonchev–Trinajstić information content (AvgIpc) is 1.52. The highest BCUT2D eigenvalue weighted by Gasteiger charge is 2.59. The van der Waals surface area contributed by atoms with Crippen molar-refractivity contribution >= 4 is 17.1 Å². The van der Waals surface area contributed by atoms with E-state index in [1.807, 2.05) is 0 Å². The maximum absolute atomic E-state index is 2.53. The lowest BCUT2D eigenvalue weighted by Gasteiger charge is -2.47. The van der Waals surface area contributed by atoms with Gasteiger partial charge in [0.25, 0.3) is 0 Å². The van der Waals surface area contributed by atoms with E-state index in [0.29, 0.717) is 52.3 Å². The van der Waals surface area contributed by atoms with Crippen molar-refractivity contribution in [3.63, 3.8) is 0 Å². The van der Waals surface area contributed by atoms with Gasteiger partial charge in [0.1, 0.15) is 0 Å². The number of nitrogens with zero attached hydrogens (tertiary/aromatic N) is 1. The molecular weight excluding hydrogens is 1360 g/mol. The Morgan fingerprint density at radius 2 is 0.841 bits per heavy atom. The van der Waals surface area contributed by atoms with E-state index in [2.05, 4.69) is 315 Å². The Labute approximate surface area is 673 Å². The monoisotopic (exact) mass is 1470 g/mol. The molecule has 3 spiro atoms. The molecule has 1 heteroatoms. The molecule has 8 unspecified atom stereocenters. The van der Waals surface area contributed by atoms with Crippen molar-refractivity contribution in [2.45, 2.75) is 217 Å². The molecule has 0 N–H and O–H groups in total. The topological polar surface area (TPSA) is 3.24 Å². The number of hydrogen-bond acceptors (Lipinski definition) is 1. The van der Waals surface area contributed by atoms with E-state index >= 15 is 0 Å². The van der Waals surface area contributed by atoms with Gasteiger partial charge in [-0.05, 0) is 342 Å². The second-order valence-electron chi connectivity index (χ2n) is 37.1. The van der Waals surface area contributed by atoms with Crippen LogP contribution in [0.5, 0.6) is 0 Å². The van der Waals surface area contributed by atoms with Gasteiger partial charge in [-0.25, -0.2) is 0 Å². The molecule has 0 radical (unpaired) electrons. The van der Waals surface area contributed by atoms with E-state index < -0.39 is 0 Å². The fourth-order valence-electron chi connectivity index (χ4n) is 26.0. The average molecular weight is 1470 g/mol. The number of fused-ring (bicyclic) bond motifs is 19. The van der Waals surface area contributed by atoms with Crippen molar-refractivity contribution in [1.29, 1.82) is 0 Å². The summed E-state index contributed by atoms with van der Waals surface area (Å²) < 4.78 is 0. The molecule has 0 amide bonds. The van der Waals surface area contributed by atoms with E-state index in [-0.39, 0.29) is 5.41 Å². The first-order valence-electron chi connectivity index (χ1n) is 43.6. The third-order valence-electron chi connectivity index (χ3n) is 30.8. The van der Waals surface area contributed by atoms with Crippen LogP contribution in [0.1, 0.15) is 260 Å². The summed E-state index contributed by atoms with van der Waals surface area (Å²) in [6.45, 7) is 18.3. The summed E-state index contributed by atoms with van der Waals surface area (Å²) in [5.41, 5.74) is 52.6. The zero-order valence-corrected chi connectivity index (χ0v) is 68.0. The first-order valence-corrected chi connectivity index (χ1v) is 43.6. The van der Waals surface area contributed by atoms with Gasteiger partial charge in [0.15, 0.2) is 0 Å². The minimum atomic E-state index is 0.150. The maximum Gasteiger partial charge on any atom is 0.0461 e. The number of anilines is 3. The summed E-state index contributed by atoms with van der Waals surface area (Å²) in [5.74, 6) is 3.78. The van der Waals surface area contributed by atoms with Gasteiger partial charge in [0.05, 0.1) is 0 Å². The van der Waals surface area contributed by atoms with Gasteiger partial charge in [-0.2, -0.15) is 0 Å². The molecule has 2 saturated carbocycles. The number of para-hydroxylation sites is 2. The van der Waals surface area contributed by atoms with E-state index in [4.69, 9.17) is 0 Å². The lowest BCUT2D eigenvalue weighted by atomic mass is 9.55. The molecular formula is C112H109N. The van der Waals surface area contributed by atoms with Crippen LogP contribution in [0.4, 0.5) is 17.1 Å². The molecule has 0 saturated heterocycles. The molecule has 12 aromatic carbocycles. The second-order valence-corrected chi connectivity index (χ2v) is 37.1. The number of benzene rings is 12. The number of aryl methyl sites for hydroxylation is 8. The smallest absolute Gasteiger partial charge is 0.0461 e. The normalized spacial score (nSPS) is 23.0. The van der Waals surface area contributed by atoms with Crippen LogP contribution < -0.4 is 4.90 Å². The first kappa shape index (κ1) is 70.8. The summed E-state index contributed by atoms with van der Waals surface area (Å²) in [6, 6.07) is 87.6. The van der Waals surface area contributed by atoms with Crippen molar-refractivity contribution in [3.8, 4) is 44.5 Å². The van der Waals surface area contributed by atoms with Gasteiger partial charge in [-0.3, -0.25) is 0 Å². The Bertz CT molecular complexity index is 5820. The van der Waals surface area contributed by atoms with Gasteiger partial charge in [0.2, 0.25) is 0 Å². The zero-order chi connectivity index (χ0) is 76.2. The Morgan fingerprint density at radius 3 is 1.49 bits per heavy atom. The molecule has 0 aliphatic heterocycles. The van der Waals surface area contributed by atoms with Crippen LogP contribution in [-0.4, -0.2) is 0 Å². The lowest BCUT2D eigenvalue weighted by Crippen LogP contribution is -2.42. The van der Waals surface area contributed by atoms with Crippen LogP contribution in [0.3, 0.4) is 0 Å². The van der Waals surface area contributed by atoms with Crippen molar-refractivity contribution in [2.24, 2.45) is 11.3 Å². The SMILES string of the molecule is Cc1ccc2c(c1)C1CC3(CCCCC3)Cc3c(C)ccc-2c31.Cc1ccc2c(c1)C1CCC3(CCCCC3)c3c(C)ccc-2c31.Cc1ccc2c(c1)C1c3c-2ccc(C)c3CCC12c1ccccc1C1C=CC=CC12.Cc1ccc2c(c1)C1c3c-2ccc(C)c3CCC1c1ccc(N(c2ccccc2)c2ccccc2)cc1. The van der Waals surface area contributed by atoms with Gasteiger partial charge < -0.3 is 4.90 Å². The van der Waals surface area contributed by atoms with Crippen LogP contribution >= 0.6 is 0 Å². The Morgan fingerprint density at radius 1 is 0.345 bits per heavy atom. The van der Waals surface area contributed by atoms with Gasteiger partial charge >= 0.3 is 0 Å². The summed E-state index contributed by atoms with van der Waals surface area (Å²) in [4.78, 5) is 2.34. The van der Waals surface area contributed by atoms with Gasteiger partial charge in [-0.1, -0.05) is 279 Å². The number of hydrogen-bond donors (Lipinski definition) is 0. The molecule has 0 aromatic heterocycles. The van der Waals surface area contributed by atoms with Crippen molar-refractivity contribution in [3.05, 3.63) is 383 Å². The Hall–Kier alpha value is -10.1. The molecule has 1 nitrogen and oxygen atoms in total. The van der Waals surface area contributed by atoms with Crippen LogP contribution in [-0.2, 0) is 30.1 Å². The van der Waals surface area contributed by atoms with E-state index in [0.717, 1.165) is 6.42 Å². The minimum Gasteiger partial charge on any atom is -0.311 e. The standard InChI is InChI=1S/C36H31N.C30H26.2C23H26/c1-24-13-19-32-33-20-14-25(2)30-21-22-31(36(35(30)33)34(32)23-24)26-15-17-29(18-16-26)37(27-9-5-3-6-10-27)28-11-7-4-8-12-28;1-18-11-13-21-24-14-12-19(2)20-15-16-30(29(28(20)24)25(21)17-18)26-9-5-3-7-22(26)23-8-4-6-10-27(23)30;1-15-6-8-17-18-9-7-16(2)22-21(18)19(20(17)14-15)10-13-23(22)11-4-3-5-12-23;1-15-6-8-17-18-9-7-16(2)20-13-23(10-4-3-5-11-23)14-21(22(18)20)19(17)12-15/h3-20,23,31,36H,21-22H2,1-2H3;3-14,17,22,26,29H,15-16H2,1-2H3;6-9,14,19H,3-5,10-13H2,1-2H3;6-9,12,21H,3-5,10-11,13-14H2,1-2H3. The molecule has 12 aliphatic carbocycles. The molecule has 24 rings (SSSR count). The van der Waals surface area contributed by atoms with Crippen LogP contribution in [0.2, 0.25) is 0 Å². The predicted octanol–water partition coefficient (Wildman–Crippen LogP) is 29.5. The largest absolute Gasteiger partial charge is 0.311 e. The summed E-state index contributed by atoms with van der Waals surface area (Å²) in [5, 5.41) is 0. The van der Waals surface area contributed by atoms with E-state index in [1.54, 1.807) is 83.5 Å². The van der Waals surface area contributed by atoms with Crippen LogP contribution in [0.15, 0.2) is 255 Å². The van der Waals surface area contributed by atoms with Crippen molar-refractivity contribution < 1.29 is 0 Å².